The molecule has 1 aliphatic heterocycles. The maximum atomic E-state index is 10.9. The first kappa shape index (κ1) is 14.0. The molecule has 15 heavy (non-hydrogen) atoms. The third-order valence-corrected chi connectivity index (χ3v) is 3.14. The smallest absolute Gasteiger partial charge is 0.323 e. The van der Waals surface area contributed by atoms with Crippen molar-refractivity contribution in [1.29, 1.82) is 0 Å². The maximum Gasteiger partial charge on any atom is 0.323 e. The van der Waals surface area contributed by atoms with E-state index in [1.165, 1.54) is 0 Å². The molecule has 3 N–H and O–H groups in total. The van der Waals surface area contributed by atoms with Gasteiger partial charge in [0.1, 0.15) is 5.54 Å². The van der Waals surface area contributed by atoms with Crippen molar-refractivity contribution in [1.82, 2.24) is 0 Å². The van der Waals surface area contributed by atoms with Crippen LogP contribution in [0, 0.1) is 0 Å². The summed E-state index contributed by atoms with van der Waals surface area (Å²) in [6.45, 7) is 1.20. The summed E-state index contributed by atoms with van der Waals surface area (Å²) in [7, 11) is 0. The van der Waals surface area contributed by atoms with Crippen LogP contribution in [0.1, 0.15) is 25.7 Å². The molecule has 1 saturated heterocycles. The van der Waals surface area contributed by atoms with E-state index in [0.29, 0.717) is 38.9 Å². The van der Waals surface area contributed by atoms with Crippen LogP contribution < -0.4 is 5.73 Å². The number of hydrogen-bond acceptors (Lipinski definition) is 4. The molecule has 0 atom stereocenters. The Morgan fingerprint density at radius 1 is 1.13 bits per heavy atom. The Bertz CT molecular complexity index is 242. The molecule has 2 aliphatic rings. The second-order valence-corrected chi connectivity index (χ2v) is 4.07. The number of carboxylic acids is 1. The average molecular weight is 240 g/mol. The molecule has 2 rings (SSSR count). The second-order valence-electron chi connectivity index (χ2n) is 4.07. The molecule has 6 heteroatoms. The van der Waals surface area contributed by atoms with Crippen molar-refractivity contribution in [2.75, 3.05) is 13.2 Å². The van der Waals surface area contributed by atoms with Gasteiger partial charge in [-0.2, -0.15) is 0 Å². The number of hydrogen-bond donors (Lipinski definition) is 2. The summed E-state index contributed by atoms with van der Waals surface area (Å²) in [5.41, 5.74) is 4.66. The summed E-state index contributed by atoms with van der Waals surface area (Å²) >= 11 is 0. The molecular formula is C9H15KNO4. The zero-order valence-electron chi connectivity index (χ0n) is 8.99. The predicted molar refractivity (Wildman–Crippen MR) is 53.4 cm³/mol. The van der Waals surface area contributed by atoms with Gasteiger partial charge in [-0.25, -0.2) is 0 Å². The fourth-order valence-electron chi connectivity index (χ4n) is 2.08. The van der Waals surface area contributed by atoms with Crippen molar-refractivity contribution < 1.29 is 19.4 Å². The minimum atomic E-state index is -1.08. The monoisotopic (exact) mass is 240 g/mol. The van der Waals surface area contributed by atoms with E-state index < -0.39 is 17.3 Å². The summed E-state index contributed by atoms with van der Waals surface area (Å²) in [5, 5.41) is 8.92. The molecule has 1 spiro atoms. The Hall–Kier alpha value is 0.986. The Labute approximate surface area is 131 Å². The van der Waals surface area contributed by atoms with Crippen molar-refractivity contribution in [2.24, 2.45) is 5.73 Å². The van der Waals surface area contributed by atoms with E-state index >= 15 is 0 Å². The van der Waals surface area contributed by atoms with Crippen LogP contribution in [0.15, 0.2) is 0 Å². The molecule has 1 heterocycles. The van der Waals surface area contributed by atoms with Crippen LogP contribution in [0.4, 0.5) is 0 Å². The molecule has 0 unspecified atom stereocenters. The molecule has 0 bridgehead atoms. The molecule has 5 nitrogen and oxygen atoms in total. The fourth-order valence-corrected chi connectivity index (χ4v) is 2.08. The van der Waals surface area contributed by atoms with Gasteiger partial charge in [-0.05, 0) is 12.8 Å². The Kier molecular flexibility index (Phi) is 4.77. The molecule has 0 aromatic heterocycles. The van der Waals surface area contributed by atoms with Crippen LogP contribution in [-0.2, 0) is 14.3 Å². The minimum Gasteiger partial charge on any atom is -0.480 e. The van der Waals surface area contributed by atoms with Crippen LogP contribution in [-0.4, -0.2) is 87.0 Å². The molecule has 1 radical (unpaired) electrons. The Morgan fingerprint density at radius 3 is 2.00 bits per heavy atom. The van der Waals surface area contributed by atoms with Gasteiger partial charge in [0, 0.05) is 64.2 Å². The van der Waals surface area contributed by atoms with E-state index in [4.69, 9.17) is 20.3 Å². The normalized spacial score (nSPS) is 27.3. The number of carboxylic acid groups (broad SMARTS) is 1. The van der Waals surface area contributed by atoms with Gasteiger partial charge in [-0.3, -0.25) is 4.79 Å². The van der Waals surface area contributed by atoms with Crippen molar-refractivity contribution in [2.45, 2.75) is 37.0 Å². The van der Waals surface area contributed by atoms with Gasteiger partial charge in [0.15, 0.2) is 5.79 Å². The molecule has 2 fully saturated rings. The van der Waals surface area contributed by atoms with Crippen LogP contribution in [0.3, 0.4) is 0 Å². The molecule has 0 aromatic carbocycles. The average Bonchev–Trinajstić information content (AvgIpc) is 2.60. The van der Waals surface area contributed by atoms with Gasteiger partial charge >= 0.3 is 5.97 Å². The van der Waals surface area contributed by atoms with Crippen molar-refractivity contribution >= 4 is 57.4 Å². The van der Waals surface area contributed by atoms with Gasteiger partial charge in [0.2, 0.25) is 0 Å². The number of nitrogens with two attached hydrogens (primary N) is 1. The standard InChI is InChI=1S/C9H15NO4.K/c10-8(7(11)12)1-3-9(4-2-8)13-5-6-14-9;/h1-6,10H2,(H,11,12);. The third-order valence-electron chi connectivity index (χ3n) is 3.14. The number of rotatable bonds is 1. The quantitative estimate of drug-likeness (QED) is 0.615. The molecule has 1 aliphatic carbocycles. The van der Waals surface area contributed by atoms with Gasteiger partial charge in [-0.1, -0.05) is 0 Å². The van der Waals surface area contributed by atoms with Crippen LogP contribution in [0.25, 0.3) is 0 Å². The van der Waals surface area contributed by atoms with E-state index in [1.54, 1.807) is 0 Å². The van der Waals surface area contributed by atoms with E-state index in [2.05, 4.69) is 0 Å². The summed E-state index contributed by atoms with van der Waals surface area (Å²) in [5.74, 6) is -1.46. The molecular weight excluding hydrogens is 225 g/mol. The van der Waals surface area contributed by atoms with Gasteiger partial charge in [-0.15, -0.1) is 0 Å². The number of carbonyl (C=O) groups is 1. The van der Waals surface area contributed by atoms with Crippen molar-refractivity contribution in [3.63, 3.8) is 0 Å². The Balaban J connectivity index is 0.00000112. The summed E-state index contributed by atoms with van der Waals surface area (Å²) in [6.07, 6.45) is 2.00. The maximum absolute atomic E-state index is 10.9. The summed E-state index contributed by atoms with van der Waals surface area (Å²) in [6, 6.07) is 0. The first-order valence-electron chi connectivity index (χ1n) is 4.87. The summed E-state index contributed by atoms with van der Waals surface area (Å²) in [4.78, 5) is 10.9. The van der Waals surface area contributed by atoms with E-state index in [0.717, 1.165) is 0 Å². The molecule has 0 amide bonds. The molecule has 1 saturated carbocycles. The van der Waals surface area contributed by atoms with Gasteiger partial charge in [0.05, 0.1) is 13.2 Å². The zero-order valence-corrected chi connectivity index (χ0v) is 12.1. The van der Waals surface area contributed by atoms with Crippen molar-refractivity contribution in [3.8, 4) is 0 Å². The predicted octanol–water partition coefficient (Wildman–Crippen LogP) is -0.295. The largest absolute Gasteiger partial charge is 0.480 e. The van der Waals surface area contributed by atoms with E-state index in [1.807, 2.05) is 0 Å². The second kappa shape index (κ2) is 5.10. The first-order valence-corrected chi connectivity index (χ1v) is 4.87. The van der Waals surface area contributed by atoms with Crippen LogP contribution >= 0.6 is 0 Å². The number of aliphatic carboxylic acids is 1. The van der Waals surface area contributed by atoms with Gasteiger partial charge in [0.25, 0.3) is 0 Å². The summed E-state index contributed by atoms with van der Waals surface area (Å²) < 4.78 is 11.0. The molecule has 81 valence electrons. The minimum absolute atomic E-state index is 0. The zero-order chi connectivity index (χ0) is 10.2. The SMILES string of the molecule is NC1(C(=O)O)CCC2(CC1)OCCO2.[K]. The third kappa shape index (κ3) is 2.81. The van der Waals surface area contributed by atoms with E-state index in [9.17, 15) is 4.79 Å². The van der Waals surface area contributed by atoms with E-state index in [-0.39, 0.29) is 51.4 Å². The van der Waals surface area contributed by atoms with Crippen molar-refractivity contribution in [3.05, 3.63) is 0 Å². The fraction of sp³-hybridized carbons (Fsp3) is 0.889. The Morgan fingerprint density at radius 2 is 1.60 bits per heavy atom. The van der Waals surface area contributed by atoms with Gasteiger partial charge < -0.3 is 20.3 Å². The first-order chi connectivity index (χ1) is 6.56. The number of ether oxygens (including phenoxy) is 2. The topological polar surface area (TPSA) is 81.8 Å². The van der Waals surface area contributed by atoms with Crippen LogP contribution in [0.5, 0.6) is 0 Å². The molecule has 0 aromatic rings. The van der Waals surface area contributed by atoms with Crippen LogP contribution in [0.2, 0.25) is 0 Å².